The molecule has 0 amide bonds. The molecule has 0 bridgehead atoms. The lowest BCUT2D eigenvalue weighted by Gasteiger charge is -2.00. The molecular formula is C16H12BrN3O. The van der Waals surface area contributed by atoms with Gasteiger partial charge in [-0.15, -0.1) is 0 Å². The van der Waals surface area contributed by atoms with Crippen LogP contribution in [0, 0.1) is 0 Å². The molecule has 0 radical (unpaired) electrons. The number of H-pyrrole nitrogens is 1. The number of hydrogen-bond donors (Lipinski definition) is 2. The normalized spacial score (nSPS) is 12.6. The van der Waals surface area contributed by atoms with Gasteiger partial charge in [0.2, 0.25) is 0 Å². The number of nitrogens with zero attached hydrogens (tertiary/aromatic N) is 1. The Morgan fingerprint density at radius 1 is 1.05 bits per heavy atom. The summed E-state index contributed by atoms with van der Waals surface area (Å²) >= 11 is 3.48. The lowest BCUT2D eigenvalue weighted by atomic mass is 10.1. The molecule has 0 fully saturated rings. The number of aromatic amines is 1. The minimum absolute atomic E-state index is 0.533. The highest BCUT2D eigenvalue weighted by molar-refractivity contribution is 9.10. The van der Waals surface area contributed by atoms with Crippen LogP contribution in [0.25, 0.3) is 22.5 Å². The van der Waals surface area contributed by atoms with Crippen molar-refractivity contribution in [2.45, 2.75) is 0 Å². The zero-order chi connectivity index (χ0) is 14.2. The fourth-order valence-electron chi connectivity index (χ4n) is 2.41. The fourth-order valence-corrected chi connectivity index (χ4v) is 2.81. The molecule has 0 spiro atoms. The van der Waals surface area contributed by atoms with Crippen LogP contribution in [0.1, 0.15) is 0 Å². The van der Waals surface area contributed by atoms with Gasteiger partial charge in [0, 0.05) is 15.6 Å². The van der Waals surface area contributed by atoms with Gasteiger partial charge in [-0.25, -0.2) is 0 Å². The van der Waals surface area contributed by atoms with Crippen LogP contribution in [0.3, 0.4) is 0 Å². The largest absolute Gasteiger partial charge is 0.471 e. The van der Waals surface area contributed by atoms with E-state index in [4.69, 9.17) is 4.74 Å². The van der Waals surface area contributed by atoms with Gasteiger partial charge in [0.25, 0.3) is 0 Å². The number of fused-ring (bicyclic) bond motifs is 1. The minimum atomic E-state index is 0.533. The first-order chi connectivity index (χ1) is 10.3. The number of halogens is 1. The molecule has 2 heterocycles. The number of rotatable bonds is 2. The molecule has 1 aliphatic heterocycles. The molecule has 0 atom stereocenters. The molecule has 2 aromatic carbocycles. The summed E-state index contributed by atoms with van der Waals surface area (Å²) in [5, 5.41) is 10.6. The van der Waals surface area contributed by atoms with E-state index >= 15 is 0 Å². The van der Waals surface area contributed by atoms with E-state index < -0.39 is 0 Å². The SMILES string of the molecule is Brc1cccc(-c2cc(-c3ccc4c(c3)OCN4)[nH]n2)c1. The Balaban J connectivity index is 1.71. The number of anilines is 1. The van der Waals surface area contributed by atoms with E-state index in [-0.39, 0.29) is 0 Å². The Morgan fingerprint density at radius 2 is 2.00 bits per heavy atom. The van der Waals surface area contributed by atoms with E-state index in [0.29, 0.717) is 6.73 Å². The monoisotopic (exact) mass is 341 g/mol. The van der Waals surface area contributed by atoms with E-state index in [9.17, 15) is 0 Å². The maximum absolute atomic E-state index is 5.52. The Hall–Kier alpha value is -2.27. The minimum Gasteiger partial charge on any atom is -0.471 e. The summed E-state index contributed by atoms with van der Waals surface area (Å²) in [6, 6.07) is 16.2. The Morgan fingerprint density at radius 3 is 2.90 bits per heavy atom. The van der Waals surface area contributed by atoms with Gasteiger partial charge in [-0.05, 0) is 30.3 Å². The fraction of sp³-hybridized carbons (Fsp3) is 0.0625. The predicted molar refractivity (Wildman–Crippen MR) is 86.3 cm³/mol. The molecule has 2 N–H and O–H groups in total. The van der Waals surface area contributed by atoms with Gasteiger partial charge < -0.3 is 10.1 Å². The van der Waals surface area contributed by atoms with Gasteiger partial charge in [-0.1, -0.05) is 34.1 Å². The molecule has 0 saturated heterocycles. The van der Waals surface area contributed by atoms with Crippen LogP contribution in [0.15, 0.2) is 53.0 Å². The van der Waals surface area contributed by atoms with Gasteiger partial charge in [0.1, 0.15) is 5.75 Å². The van der Waals surface area contributed by atoms with E-state index in [0.717, 1.165) is 38.4 Å². The molecule has 104 valence electrons. The van der Waals surface area contributed by atoms with Gasteiger partial charge in [0.05, 0.1) is 17.1 Å². The average molecular weight is 342 g/mol. The molecule has 0 unspecified atom stereocenters. The molecule has 4 rings (SSSR count). The van der Waals surface area contributed by atoms with Gasteiger partial charge in [-0.2, -0.15) is 5.10 Å². The summed E-state index contributed by atoms with van der Waals surface area (Å²) in [6.07, 6.45) is 0. The first-order valence-corrected chi connectivity index (χ1v) is 7.41. The molecule has 1 aliphatic rings. The highest BCUT2D eigenvalue weighted by Gasteiger charge is 2.13. The molecule has 3 aromatic rings. The lowest BCUT2D eigenvalue weighted by molar-refractivity contribution is 0.372. The van der Waals surface area contributed by atoms with Crippen molar-refractivity contribution >= 4 is 21.6 Å². The third-order valence-corrected chi connectivity index (χ3v) is 3.97. The van der Waals surface area contributed by atoms with E-state index in [1.807, 2.05) is 36.4 Å². The van der Waals surface area contributed by atoms with Gasteiger partial charge in [0.15, 0.2) is 6.73 Å². The second kappa shape index (κ2) is 4.93. The van der Waals surface area contributed by atoms with Crippen LogP contribution >= 0.6 is 15.9 Å². The summed E-state index contributed by atoms with van der Waals surface area (Å²) in [5.74, 6) is 0.881. The van der Waals surface area contributed by atoms with Crippen LogP contribution in [-0.4, -0.2) is 16.9 Å². The third-order valence-electron chi connectivity index (χ3n) is 3.48. The van der Waals surface area contributed by atoms with Crippen LogP contribution < -0.4 is 10.1 Å². The summed E-state index contributed by atoms with van der Waals surface area (Å²) in [4.78, 5) is 0. The molecule has 0 saturated carbocycles. The zero-order valence-electron chi connectivity index (χ0n) is 11.1. The lowest BCUT2D eigenvalue weighted by Crippen LogP contribution is -1.96. The number of benzene rings is 2. The first kappa shape index (κ1) is 12.5. The quantitative estimate of drug-likeness (QED) is 0.731. The highest BCUT2D eigenvalue weighted by atomic mass is 79.9. The van der Waals surface area contributed by atoms with Gasteiger partial charge in [-0.3, -0.25) is 5.10 Å². The highest BCUT2D eigenvalue weighted by Crippen LogP contribution is 2.34. The summed E-state index contributed by atoms with van der Waals surface area (Å²) in [7, 11) is 0. The Kier molecular flexibility index (Phi) is 2.93. The standard InChI is InChI=1S/C16H12BrN3O/c17-12-3-1-2-10(6-12)14-8-15(20-19-14)11-4-5-13-16(7-11)21-9-18-13/h1-8,18H,9H2,(H,19,20). The zero-order valence-corrected chi connectivity index (χ0v) is 12.6. The van der Waals surface area contributed by atoms with Crippen molar-refractivity contribution in [1.29, 1.82) is 0 Å². The summed E-state index contributed by atoms with van der Waals surface area (Å²) in [6.45, 7) is 0.533. The van der Waals surface area contributed by atoms with Crippen molar-refractivity contribution in [1.82, 2.24) is 10.2 Å². The number of aromatic nitrogens is 2. The smallest absolute Gasteiger partial charge is 0.159 e. The van der Waals surface area contributed by atoms with E-state index in [1.54, 1.807) is 0 Å². The predicted octanol–water partition coefficient (Wildman–Crippen LogP) is 4.27. The molecule has 0 aliphatic carbocycles. The molecule has 21 heavy (non-hydrogen) atoms. The van der Waals surface area contributed by atoms with Crippen molar-refractivity contribution < 1.29 is 4.74 Å². The number of hydrogen-bond acceptors (Lipinski definition) is 3. The maximum atomic E-state index is 5.52. The van der Waals surface area contributed by atoms with Crippen LogP contribution in [-0.2, 0) is 0 Å². The van der Waals surface area contributed by atoms with Crippen LogP contribution in [0.2, 0.25) is 0 Å². The number of ether oxygens (including phenoxy) is 1. The van der Waals surface area contributed by atoms with E-state index in [1.165, 1.54) is 0 Å². The third kappa shape index (κ3) is 2.29. The average Bonchev–Trinajstić information content (AvgIpc) is 3.15. The topological polar surface area (TPSA) is 49.9 Å². The van der Waals surface area contributed by atoms with Crippen molar-refractivity contribution in [3.8, 4) is 28.3 Å². The molecule has 1 aromatic heterocycles. The van der Waals surface area contributed by atoms with Crippen LogP contribution in [0.4, 0.5) is 5.69 Å². The molecule has 4 nitrogen and oxygen atoms in total. The van der Waals surface area contributed by atoms with Crippen molar-refractivity contribution in [3.05, 3.63) is 53.0 Å². The molecule has 5 heteroatoms. The Bertz CT molecular complexity index is 813. The first-order valence-electron chi connectivity index (χ1n) is 6.62. The van der Waals surface area contributed by atoms with Crippen molar-refractivity contribution in [2.75, 3.05) is 12.0 Å². The summed E-state index contributed by atoms with van der Waals surface area (Å²) < 4.78 is 6.56. The van der Waals surface area contributed by atoms with Crippen LogP contribution in [0.5, 0.6) is 5.75 Å². The molecular weight excluding hydrogens is 330 g/mol. The van der Waals surface area contributed by atoms with E-state index in [2.05, 4.69) is 43.6 Å². The Labute approximate surface area is 130 Å². The van der Waals surface area contributed by atoms with Crippen molar-refractivity contribution in [3.63, 3.8) is 0 Å². The second-order valence-electron chi connectivity index (χ2n) is 4.85. The second-order valence-corrected chi connectivity index (χ2v) is 5.77. The van der Waals surface area contributed by atoms with Crippen molar-refractivity contribution in [2.24, 2.45) is 0 Å². The number of nitrogens with one attached hydrogen (secondary N) is 2. The summed E-state index contributed by atoms with van der Waals surface area (Å²) in [5.41, 5.74) is 5.07. The van der Waals surface area contributed by atoms with Gasteiger partial charge >= 0.3 is 0 Å². The maximum Gasteiger partial charge on any atom is 0.159 e.